The van der Waals surface area contributed by atoms with Gasteiger partial charge in [0.25, 0.3) is 0 Å². The molecular weight excluding hydrogens is 213 g/mol. The Bertz CT molecular complexity index is 453. The average Bonchev–Trinajstić information content (AvgIpc) is 2.62. The summed E-state index contributed by atoms with van der Waals surface area (Å²) in [6.07, 6.45) is 4.90. The number of hydrogen-bond donors (Lipinski definition) is 0. The van der Waals surface area contributed by atoms with Crippen molar-refractivity contribution in [1.29, 1.82) is 0 Å². The number of thioether (sulfide) groups is 1. The lowest BCUT2D eigenvalue weighted by atomic mass is 10.5. The number of fused-ring (bicyclic) bond motifs is 1. The summed E-state index contributed by atoms with van der Waals surface area (Å²) in [5.74, 6) is -0.474. The molecule has 15 heavy (non-hydrogen) atoms. The van der Waals surface area contributed by atoms with Crippen LogP contribution in [0, 0.1) is 12.9 Å². The third-order valence-electron chi connectivity index (χ3n) is 1.81. The van der Waals surface area contributed by atoms with Gasteiger partial charge < -0.3 is 0 Å². The zero-order valence-corrected chi connectivity index (χ0v) is 10.1. The van der Waals surface area contributed by atoms with Crippen LogP contribution in [0.4, 0.5) is 4.39 Å². The summed E-state index contributed by atoms with van der Waals surface area (Å²) in [5.41, 5.74) is 1.62. The van der Waals surface area contributed by atoms with Gasteiger partial charge in [-0.1, -0.05) is 13.8 Å². The smallest absolute Gasteiger partial charge is 0.230 e. The Morgan fingerprint density at radius 2 is 2.07 bits per heavy atom. The highest BCUT2D eigenvalue weighted by atomic mass is 32.2. The van der Waals surface area contributed by atoms with Crippen LogP contribution in [0.5, 0.6) is 0 Å². The number of nitrogens with zero attached hydrogens (tertiary/aromatic N) is 3. The van der Waals surface area contributed by atoms with Gasteiger partial charge in [-0.25, -0.2) is 9.97 Å². The Labute approximate surface area is 92.7 Å². The molecule has 0 fully saturated rings. The van der Waals surface area contributed by atoms with Crippen LogP contribution in [0.3, 0.4) is 0 Å². The molecule has 2 aromatic heterocycles. The molecule has 0 bridgehead atoms. The number of hydrogen-bond acceptors (Lipinski definition) is 3. The molecule has 2 heterocycles. The van der Waals surface area contributed by atoms with E-state index in [9.17, 15) is 4.39 Å². The lowest BCUT2D eigenvalue weighted by Crippen LogP contribution is -1.95. The Morgan fingerprint density at radius 3 is 2.67 bits per heavy atom. The van der Waals surface area contributed by atoms with Crippen LogP contribution in [0.2, 0.25) is 0 Å². The molecule has 0 unspecified atom stereocenters. The largest absolute Gasteiger partial charge is 0.298 e. The Morgan fingerprint density at radius 1 is 1.40 bits per heavy atom. The van der Waals surface area contributed by atoms with Crippen LogP contribution >= 0.6 is 11.8 Å². The number of imidazole rings is 1. The first-order valence-corrected chi connectivity index (χ1v) is 5.99. The van der Waals surface area contributed by atoms with E-state index in [4.69, 9.17) is 0 Å². The van der Waals surface area contributed by atoms with E-state index < -0.39 is 5.95 Å². The Kier molecular flexibility index (Phi) is 4.08. The van der Waals surface area contributed by atoms with Crippen molar-refractivity contribution in [2.24, 2.45) is 0 Å². The van der Waals surface area contributed by atoms with E-state index >= 15 is 0 Å². The van der Waals surface area contributed by atoms with Gasteiger partial charge >= 0.3 is 0 Å². The summed E-state index contributed by atoms with van der Waals surface area (Å²) in [6.45, 7) is 5.88. The van der Waals surface area contributed by atoms with Crippen LogP contribution in [-0.2, 0) is 0 Å². The standard InChI is InChI=1S/C8H8FN3S.C2H6/c1-5-3-10-7-8(13-2)11-6(9)4-12(5)7;1-2/h3-4H,1-2H3;1-2H3. The average molecular weight is 227 g/mol. The van der Waals surface area contributed by atoms with E-state index in [1.54, 1.807) is 10.6 Å². The molecular formula is C10H14FN3S. The van der Waals surface area contributed by atoms with Crippen LogP contribution in [-0.4, -0.2) is 20.6 Å². The molecule has 0 radical (unpaired) electrons. The van der Waals surface area contributed by atoms with Crippen molar-refractivity contribution in [2.45, 2.75) is 25.8 Å². The monoisotopic (exact) mass is 227 g/mol. The summed E-state index contributed by atoms with van der Waals surface area (Å²) >= 11 is 1.39. The lowest BCUT2D eigenvalue weighted by molar-refractivity contribution is 0.562. The van der Waals surface area contributed by atoms with Crippen molar-refractivity contribution in [3.05, 3.63) is 24.0 Å². The highest BCUT2D eigenvalue weighted by Gasteiger charge is 2.07. The van der Waals surface area contributed by atoms with E-state index in [0.29, 0.717) is 10.7 Å². The molecule has 0 atom stereocenters. The molecule has 0 amide bonds. The van der Waals surface area contributed by atoms with E-state index in [2.05, 4.69) is 9.97 Å². The Balaban J connectivity index is 0.000000531. The van der Waals surface area contributed by atoms with Crippen molar-refractivity contribution in [3.63, 3.8) is 0 Å². The second-order valence-electron chi connectivity index (χ2n) is 2.67. The highest BCUT2D eigenvalue weighted by molar-refractivity contribution is 7.98. The van der Waals surface area contributed by atoms with Gasteiger partial charge in [-0.15, -0.1) is 11.8 Å². The van der Waals surface area contributed by atoms with Crippen molar-refractivity contribution in [3.8, 4) is 0 Å². The summed E-state index contributed by atoms with van der Waals surface area (Å²) in [6, 6.07) is 0. The van der Waals surface area contributed by atoms with Crippen LogP contribution in [0.25, 0.3) is 5.65 Å². The number of aryl methyl sites for hydroxylation is 1. The van der Waals surface area contributed by atoms with Gasteiger partial charge in [0.2, 0.25) is 5.95 Å². The first-order chi connectivity index (χ1) is 7.22. The number of halogens is 1. The topological polar surface area (TPSA) is 30.2 Å². The molecule has 0 saturated carbocycles. The van der Waals surface area contributed by atoms with Gasteiger partial charge in [0.1, 0.15) is 5.03 Å². The van der Waals surface area contributed by atoms with E-state index in [1.165, 1.54) is 18.0 Å². The summed E-state index contributed by atoms with van der Waals surface area (Å²) in [7, 11) is 0. The van der Waals surface area contributed by atoms with Crippen LogP contribution in [0.1, 0.15) is 19.5 Å². The molecule has 0 aliphatic heterocycles. The quantitative estimate of drug-likeness (QED) is 0.702. The minimum Gasteiger partial charge on any atom is -0.298 e. The second kappa shape index (κ2) is 5.11. The Hall–Kier alpha value is -1.10. The van der Waals surface area contributed by atoms with Crippen LogP contribution < -0.4 is 0 Å². The third-order valence-corrected chi connectivity index (χ3v) is 2.47. The van der Waals surface area contributed by atoms with Crippen molar-refractivity contribution < 1.29 is 4.39 Å². The lowest BCUT2D eigenvalue weighted by Gasteiger charge is -2.00. The molecule has 0 saturated heterocycles. The van der Waals surface area contributed by atoms with Crippen molar-refractivity contribution in [2.75, 3.05) is 6.26 Å². The maximum absolute atomic E-state index is 13.0. The van der Waals surface area contributed by atoms with E-state index in [1.807, 2.05) is 27.0 Å². The first kappa shape index (κ1) is 12.0. The van der Waals surface area contributed by atoms with E-state index in [-0.39, 0.29) is 0 Å². The van der Waals surface area contributed by atoms with Gasteiger partial charge in [-0.3, -0.25) is 4.40 Å². The molecule has 0 aliphatic rings. The van der Waals surface area contributed by atoms with Gasteiger partial charge in [-0.2, -0.15) is 4.39 Å². The normalized spacial score (nSPS) is 9.93. The van der Waals surface area contributed by atoms with Gasteiger partial charge in [0.05, 0.1) is 6.20 Å². The van der Waals surface area contributed by atoms with Crippen molar-refractivity contribution in [1.82, 2.24) is 14.4 Å². The fourth-order valence-electron chi connectivity index (χ4n) is 1.19. The maximum atomic E-state index is 13.0. The maximum Gasteiger partial charge on any atom is 0.230 e. The third kappa shape index (κ3) is 2.28. The summed E-state index contributed by atoms with van der Waals surface area (Å²) in [5, 5.41) is 0.619. The molecule has 0 aliphatic carbocycles. The predicted molar refractivity (Wildman–Crippen MR) is 60.8 cm³/mol. The number of rotatable bonds is 1. The summed E-state index contributed by atoms with van der Waals surface area (Å²) in [4.78, 5) is 7.89. The summed E-state index contributed by atoms with van der Waals surface area (Å²) < 4.78 is 14.7. The minimum atomic E-state index is -0.474. The molecule has 2 aromatic rings. The van der Waals surface area contributed by atoms with Crippen molar-refractivity contribution >= 4 is 17.4 Å². The molecule has 0 N–H and O–H groups in total. The minimum absolute atomic E-state index is 0.474. The molecule has 2 rings (SSSR count). The molecule has 0 spiro atoms. The number of aromatic nitrogens is 3. The fourth-order valence-corrected chi connectivity index (χ4v) is 1.70. The predicted octanol–water partition coefficient (Wildman–Crippen LogP) is 2.92. The van der Waals surface area contributed by atoms with Crippen LogP contribution in [0.15, 0.2) is 17.4 Å². The molecule has 3 nitrogen and oxygen atoms in total. The second-order valence-corrected chi connectivity index (χ2v) is 3.46. The first-order valence-electron chi connectivity index (χ1n) is 4.76. The van der Waals surface area contributed by atoms with E-state index in [0.717, 1.165) is 5.69 Å². The fraction of sp³-hybridized carbons (Fsp3) is 0.400. The molecule has 5 heteroatoms. The molecule has 0 aromatic carbocycles. The zero-order chi connectivity index (χ0) is 11.4. The highest BCUT2D eigenvalue weighted by Crippen LogP contribution is 2.18. The zero-order valence-electron chi connectivity index (χ0n) is 9.28. The molecule has 82 valence electrons. The van der Waals surface area contributed by atoms with Gasteiger partial charge in [0, 0.05) is 11.9 Å². The SMILES string of the molecule is CC.CSc1nc(F)cn2c(C)cnc12. The van der Waals surface area contributed by atoms with Gasteiger partial charge in [-0.05, 0) is 13.2 Å². The van der Waals surface area contributed by atoms with Gasteiger partial charge in [0.15, 0.2) is 5.65 Å².